The van der Waals surface area contributed by atoms with Gasteiger partial charge in [0.2, 0.25) is 10.0 Å². The van der Waals surface area contributed by atoms with Gasteiger partial charge in [0.05, 0.1) is 62.0 Å². The van der Waals surface area contributed by atoms with Crippen LogP contribution in [-0.2, 0) is 56.5 Å². The smallest absolute Gasteiger partial charge is 0.264 e. The van der Waals surface area contributed by atoms with E-state index >= 15 is 0 Å². The number of nitrogens with zero attached hydrogens (tertiary/aromatic N) is 2. The predicted octanol–water partition coefficient (Wildman–Crippen LogP) is 5.92. The van der Waals surface area contributed by atoms with E-state index in [9.17, 15) is 16.8 Å². The highest BCUT2D eigenvalue weighted by atomic mass is 32.2. The summed E-state index contributed by atoms with van der Waals surface area (Å²) in [7, 11) is -4.39. The molecule has 0 aliphatic carbocycles. The zero-order valence-electron chi connectivity index (χ0n) is 33.0. The minimum atomic E-state index is -4.01. The first-order valence-electron chi connectivity index (χ1n) is 19.0. The second-order valence-corrected chi connectivity index (χ2v) is 18.4. The van der Waals surface area contributed by atoms with E-state index in [2.05, 4.69) is 30.0 Å². The molecule has 0 unspecified atom stereocenters. The lowest BCUT2D eigenvalue weighted by atomic mass is 9.82. The van der Waals surface area contributed by atoms with Gasteiger partial charge in [-0.3, -0.25) is 4.18 Å². The van der Waals surface area contributed by atoms with Crippen LogP contribution in [0.5, 0.6) is 5.75 Å². The SMILES string of the molecule is COCCCN1CCOc2ccc(CO[C@H]3CN(S(=O)(=O)c4ccc(C)cc4)[C@@H](C[C@H](C)OS(C)(=O)=O)C[C@@H]3c3ccc(COC[C@@H](C)COC)cc3)cc21. The Morgan fingerprint density at radius 1 is 0.891 bits per heavy atom. The van der Waals surface area contributed by atoms with Gasteiger partial charge in [0, 0.05) is 51.8 Å². The number of anilines is 1. The lowest BCUT2D eigenvalue weighted by Gasteiger charge is -2.44. The summed E-state index contributed by atoms with van der Waals surface area (Å²) >= 11 is 0. The second-order valence-electron chi connectivity index (χ2n) is 14.9. The molecule has 0 N–H and O–H groups in total. The Kier molecular flexibility index (Phi) is 15.6. The van der Waals surface area contributed by atoms with Crippen LogP contribution in [0.2, 0.25) is 0 Å². The van der Waals surface area contributed by atoms with Crippen LogP contribution in [0.4, 0.5) is 5.69 Å². The molecular formula is C41H58N2O10S2. The van der Waals surface area contributed by atoms with Crippen molar-refractivity contribution in [3.63, 3.8) is 0 Å². The fourth-order valence-electron chi connectivity index (χ4n) is 7.43. The van der Waals surface area contributed by atoms with E-state index in [1.54, 1.807) is 45.4 Å². The molecule has 0 spiro atoms. The fraction of sp³-hybridized carbons (Fsp3) is 0.561. The van der Waals surface area contributed by atoms with Gasteiger partial charge in [-0.15, -0.1) is 0 Å². The second kappa shape index (κ2) is 19.9. The molecule has 2 aliphatic heterocycles. The van der Waals surface area contributed by atoms with Crippen LogP contribution in [0, 0.1) is 12.8 Å². The molecule has 1 fully saturated rings. The first-order chi connectivity index (χ1) is 26.3. The predicted molar refractivity (Wildman–Crippen MR) is 213 cm³/mol. The molecule has 12 nitrogen and oxygen atoms in total. The van der Waals surface area contributed by atoms with Crippen molar-refractivity contribution in [2.45, 2.75) is 82.3 Å². The summed E-state index contributed by atoms with van der Waals surface area (Å²) in [6.45, 7) is 10.5. The monoisotopic (exact) mass is 802 g/mol. The standard InChI is InChI=1S/C41H58N2O10S2/c1-30-8-15-37(16-9-30)55(46,47)43-25-41(52-29-34-12-17-40-39(23-34)42(19-21-51-40)18-7-20-48-4)38(24-36(43)22-32(3)53-54(6,44)45)35-13-10-33(11-14-35)28-50-27-31(2)26-49-5/h8-17,23,31-32,36,38,41H,7,18-22,24-29H2,1-6H3/t31-,32-,36-,38+,41-/m0/s1. The summed E-state index contributed by atoms with van der Waals surface area (Å²) in [5, 5.41) is 0. The number of piperidine rings is 1. The Labute approximate surface area is 328 Å². The summed E-state index contributed by atoms with van der Waals surface area (Å²) in [4.78, 5) is 2.47. The van der Waals surface area contributed by atoms with Crippen LogP contribution < -0.4 is 9.64 Å². The maximum Gasteiger partial charge on any atom is 0.264 e. The van der Waals surface area contributed by atoms with Gasteiger partial charge < -0.3 is 28.6 Å². The molecule has 14 heteroatoms. The lowest BCUT2D eigenvalue weighted by Crippen LogP contribution is -2.53. The Hall–Kier alpha value is -3.08. The Bertz CT molecular complexity index is 1870. The van der Waals surface area contributed by atoms with Gasteiger partial charge in [0.1, 0.15) is 12.4 Å². The van der Waals surface area contributed by atoms with E-state index in [0.717, 1.165) is 59.5 Å². The van der Waals surface area contributed by atoms with Crippen LogP contribution in [0.15, 0.2) is 71.6 Å². The summed E-state index contributed by atoms with van der Waals surface area (Å²) in [5.41, 5.74) is 4.90. The van der Waals surface area contributed by atoms with Gasteiger partial charge in [-0.1, -0.05) is 55.0 Å². The number of benzene rings is 3. The van der Waals surface area contributed by atoms with Gasteiger partial charge in [0.15, 0.2) is 0 Å². The Balaban J connectivity index is 1.45. The molecule has 0 bridgehead atoms. The molecular weight excluding hydrogens is 745 g/mol. The normalized spacial score (nSPS) is 20.5. The van der Waals surface area contributed by atoms with Crippen molar-refractivity contribution in [1.82, 2.24) is 4.31 Å². The van der Waals surface area contributed by atoms with Crippen molar-refractivity contribution in [3.05, 3.63) is 89.0 Å². The van der Waals surface area contributed by atoms with Crippen molar-refractivity contribution in [3.8, 4) is 5.75 Å². The zero-order valence-corrected chi connectivity index (χ0v) is 34.6. The zero-order chi connectivity index (χ0) is 39.6. The third kappa shape index (κ3) is 12.2. The number of sulfonamides is 1. The minimum absolute atomic E-state index is 0.0661. The first kappa shape index (κ1) is 43.1. The van der Waals surface area contributed by atoms with Gasteiger partial charge >= 0.3 is 0 Å². The number of aryl methyl sites for hydroxylation is 1. The van der Waals surface area contributed by atoms with Crippen LogP contribution in [0.3, 0.4) is 0 Å². The van der Waals surface area contributed by atoms with Crippen LogP contribution >= 0.6 is 0 Å². The van der Waals surface area contributed by atoms with Gasteiger partial charge in [-0.2, -0.15) is 12.7 Å². The quantitative estimate of drug-likeness (QED) is 0.0998. The average molecular weight is 803 g/mol. The minimum Gasteiger partial charge on any atom is -0.490 e. The van der Waals surface area contributed by atoms with E-state index < -0.39 is 38.4 Å². The molecule has 5 rings (SSSR count). The number of ether oxygens (including phenoxy) is 5. The highest BCUT2D eigenvalue weighted by molar-refractivity contribution is 7.89. The number of hydrogen-bond acceptors (Lipinski definition) is 11. The van der Waals surface area contributed by atoms with E-state index in [-0.39, 0.29) is 36.3 Å². The third-order valence-electron chi connectivity index (χ3n) is 10.1. The topological polar surface area (TPSA) is 130 Å². The average Bonchev–Trinajstić information content (AvgIpc) is 3.14. The van der Waals surface area contributed by atoms with Gasteiger partial charge in [0.25, 0.3) is 10.1 Å². The summed E-state index contributed by atoms with van der Waals surface area (Å²) < 4.78 is 89.1. The molecule has 2 aliphatic rings. The molecule has 3 aromatic rings. The molecule has 0 aromatic heterocycles. The van der Waals surface area contributed by atoms with Gasteiger partial charge in [-0.25, -0.2) is 8.42 Å². The summed E-state index contributed by atoms with van der Waals surface area (Å²) in [6.07, 6.45) is 1.19. The van der Waals surface area contributed by atoms with E-state index in [4.69, 9.17) is 27.9 Å². The highest BCUT2D eigenvalue weighted by Gasteiger charge is 2.43. The molecule has 0 amide bonds. The highest BCUT2D eigenvalue weighted by Crippen LogP contribution is 2.40. The van der Waals surface area contributed by atoms with Crippen LogP contribution in [-0.4, -0.2) is 106 Å². The van der Waals surface area contributed by atoms with Crippen molar-refractivity contribution < 1.29 is 44.7 Å². The van der Waals surface area contributed by atoms with Crippen molar-refractivity contribution in [2.75, 3.05) is 71.4 Å². The first-order valence-corrected chi connectivity index (χ1v) is 22.3. The van der Waals surface area contributed by atoms with E-state index in [0.29, 0.717) is 39.5 Å². The molecule has 0 radical (unpaired) electrons. The number of fused-ring (bicyclic) bond motifs is 1. The van der Waals surface area contributed by atoms with E-state index in [1.165, 1.54) is 4.31 Å². The van der Waals surface area contributed by atoms with Crippen molar-refractivity contribution in [2.24, 2.45) is 5.92 Å². The van der Waals surface area contributed by atoms with E-state index in [1.807, 2.05) is 31.2 Å². The largest absolute Gasteiger partial charge is 0.490 e. The molecule has 1 saturated heterocycles. The molecule has 0 saturated carbocycles. The Morgan fingerprint density at radius 3 is 2.31 bits per heavy atom. The molecule has 2 heterocycles. The summed E-state index contributed by atoms with van der Waals surface area (Å²) in [5.74, 6) is 0.892. The fourth-order valence-corrected chi connectivity index (χ4v) is 9.76. The lowest BCUT2D eigenvalue weighted by molar-refractivity contribution is -0.0243. The summed E-state index contributed by atoms with van der Waals surface area (Å²) in [6, 6.07) is 20.5. The number of rotatable bonds is 20. The maximum atomic E-state index is 14.4. The van der Waals surface area contributed by atoms with Crippen molar-refractivity contribution in [1.29, 1.82) is 0 Å². The van der Waals surface area contributed by atoms with Gasteiger partial charge in [-0.05, 0) is 74.1 Å². The third-order valence-corrected chi connectivity index (χ3v) is 12.7. The number of hydrogen-bond donors (Lipinski definition) is 0. The van der Waals surface area contributed by atoms with Crippen LogP contribution in [0.25, 0.3) is 0 Å². The molecule has 304 valence electrons. The van der Waals surface area contributed by atoms with Crippen LogP contribution in [0.1, 0.15) is 61.3 Å². The maximum absolute atomic E-state index is 14.4. The van der Waals surface area contributed by atoms with Crippen molar-refractivity contribution >= 4 is 25.8 Å². The number of methoxy groups -OCH3 is 2. The molecule has 3 aromatic carbocycles. The molecule has 55 heavy (non-hydrogen) atoms. The Morgan fingerprint density at radius 2 is 1.62 bits per heavy atom. The molecule has 5 atom stereocenters.